The molecular formula is C10H14NO2P. The molecule has 2 atom stereocenters. The Morgan fingerprint density at radius 1 is 1.36 bits per heavy atom. The molecule has 1 aromatic rings. The van der Waals surface area contributed by atoms with E-state index in [9.17, 15) is 4.79 Å². The SMILES string of the molecule is N[C@@H](Cc1ccc(CP)cc1)C(=O)O. The molecule has 0 saturated heterocycles. The molecule has 0 aliphatic rings. The maximum absolute atomic E-state index is 10.5. The number of rotatable bonds is 4. The zero-order valence-corrected chi connectivity index (χ0v) is 8.97. The largest absolute Gasteiger partial charge is 0.480 e. The first-order valence-electron chi connectivity index (χ1n) is 4.39. The van der Waals surface area contributed by atoms with E-state index >= 15 is 0 Å². The summed E-state index contributed by atoms with van der Waals surface area (Å²) < 4.78 is 0. The summed E-state index contributed by atoms with van der Waals surface area (Å²) in [4.78, 5) is 10.5. The number of carboxylic acids is 1. The fourth-order valence-corrected chi connectivity index (χ4v) is 1.42. The molecule has 3 N–H and O–H groups in total. The van der Waals surface area contributed by atoms with Crippen molar-refractivity contribution >= 4 is 15.2 Å². The highest BCUT2D eigenvalue weighted by Crippen LogP contribution is 2.09. The molecule has 0 aromatic heterocycles. The van der Waals surface area contributed by atoms with E-state index in [0.29, 0.717) is 6.42 Å². The van der Waals surface area contributed by atoms with Crippen molar-refractivity contribution in [2.45, 2.75) is 18.6 Å². The first-order valence-corrected chi connectivity index (χ1v) is 5.21. The van der Waals surface area contributed by atoms with Crippen LogP contribution < -0.4 is 5.73 Å². The molecule has 76 valence electrons. The molecule has 1 unspecified atom stereocenters. The highest BCUT2D eigenvalue weighted by molar-refractivity contribution is 7.15. The Hall–Kier alpha value is -0.920. The summed E-state index contributed by atoms with van der Waals surface area (Å²) >= 11 is 0. The lowest BCUT2D eigenvalue weighted by Crippen LogP contribution is -2.32. The summed E-state index contributed by atoms with van der Waals surface area (Å²) in [5, 5.41) is 8.62. The molecule has 0 spiro atoms. The summed E-state index contributed by atoms with van der Waals surface area (Å²) in [5.41, 5.74) is 7.59. The normalized spacial score (nSPS) is 12.4. The van der Waals surface area contributed by atoms with Crippen LogP contribution in [0, 0.1) is 0 Å². The Morgan fingerprint density at radius 3 is 2.29 bits per heavy atom. The highest BCUT2D eigenvalue weighted by Gasteiger charge is 2.11. The first kappa shape index (κ1) is 11.2. The van der Waals surface area contributed by atoms with Crippen molar-refractivity contribution in [3.63, 3.8) is 0 Å². The molecule has 0 bridgehead atoms. The van der Waals surface area contributed by atoms with Gasteiger partial charge in [-0.1, -0.05) is 24.3 Å². The second-order valence-corrected chi connectivity index (χ2v) is 3.58. The van der Waals surface area contributed by atoms with Crippen molar-refractivity contribution in [3.8, 4) is 0 Å². The number of carboxylic acid groups (broad SMARTS) is 1. The number of nitrogens with two attached hydrogens (primary N) is 1. The van der Waals surface area contributed by atoms with Crippen LogP contribution in [0.25, 0.3) is 0 Å². The standard InChI is InChI=1S/C10H14NO2P/c11-9(10(12)13)5-7-1-3-8(6-14)4-2-7/h1-4,9H,5-6,11,14H2,(H,12,13)/t9-/m0/s1. The maximum Gasteiger partial charge on any atom is 0.320 e. The minimum Gasteiger partial charge on any atom is -0.480 e. The summed E-state index contributed by atoms with van der Waals surface area (Å²) in [5.74, 6) is -0.958. The third-order valence-electron chi connectivity index (χ3n) is 2.03. The van der Waals surface area contributed by atoms with Gasteiger partial charge in [0, 0.05) is 0 Å². The quantitative estimate of drug-likeness (QED) is 0.731. The Bertz CT molecular complexity index is 310. The van der Waals surface area contributed by atoms with Gasteiger partial charge in [0.25, 0.3) is 0 Å². The topological polar surface area (TPSA) is 63.3 Å². The lowest BCUT2D eigenvalue weighted by molar-refractivity contribution is -0.138. The zero-order chi connectivity index (χ0) is 10.6. The molecule has 4 heteroatoms. The van der Waals surface area contributed by atoms with Gasteiger partial charge in [0.2, 0.25) is 0 Å². The van der Waals surface area contributed by atoms with Gasteiger partial charge in [-0.15, -0.1) is 9.24 Å². The monoisotopic (exact) mass is 211 g/mol. The minimum absolute atomic E-state index is 0.381. The van der Waals surface area contributed by atoms with Gasteiger partial charge in [-0.2, -0.15) is 0 Å². The van der Waals surface area contributed by atoms with Crippen molar-refractivity contribution in [2.75, 3.05) is 0 Å². The fourth-order valence-electron chi connectivity index (χ4n) is 1.15. The van der Waals surface area contributed by atoms with Crippen LogP contribution in [0.15, 0.2) is 24.3 Å². The molecule has 0 aliphatic heterocycles. The third-order valence-corrected chi connectivity index (χ3v) is 2.50. The van der Waals surface area contributed by atoms with E-state index in [1.165, 1.54) is 5.56 Å². The van der Waals surface area contributed by atoms with Crippen molar-refractivity contribution in [1.29, 1.82) is 0 Å². The molecule has 3 nitrogen and oxygen atoms in total. The van der Waals surface area contributed by atoms with Gasteiger partial charge in [-0.25, -0.2) is 0 Å². The van der Waals surface area contributed by atoms with Gasteiger partial charge in [0.1, 0.15) is 6.04 Å². The van der Waals surface area contributed by atoms with Crippen molar-refractivity contribution in [2.24, 2.45) is 5.73 Å². The summed E-state index contributed by atoms with van der Waals surface area (Å²) in [6.07, 6.45) is 1.29. The summed E-state index contributed by atoms with van der Waals surface area (Å²) in [6.45, 7) is 0. The number of carbonyl (C=O) groups is 1. The van der Waals surface area contributed by atoms with Crippen LogP contribution in [0.4, 0.5) is 0 Å². The molecule has 0 amide bonds. The molecule has 0 radical (unpaired) electrons. The highest BCUT2D eigenvalue weighted by atomic mass is 31.0. The van der Waals surface area contributed by atoms with Crippen LogP contribution in [-0.2, 0) is 17.4 Å². The Kier molecular flexibility index (Phi) is 4.05. The van der Waals surface area contributed by atoms with Crippen molar-refractivity contribution in [3.05, 3.63) is 35.4 Å². The average Bonchev–Trinajstić information content (AvgIpc) is 2.19. The maximum atomic E-state index is 10.5. The van der Waals surface area contributed by atoms with Gasteiger partial charge in [0.15, 0.2) is 0 Å². The van der Waals surface area contributed by atoms with Crippen molar-refractivity contribution in [1.82, 2.24) is 0 Å². The Morgan fingerprint density at radius 2 is 1.86 bits per heavy atom. The molecule has 14 heavy (non-hydrogen) atoms. The van der Waals surface area contributed by atoms with E-state index in [2.05, 4.69) is 9.24 Å². The van der Waals surface area contributed by atoms with Gasteiger partial charge in [-0.3, -0.25) is 4.79 Å². The molecule has 0 fully saturated rings. The number of hydrogen-bond donors (Lipinski definition) is 2. The van der Waals surface area contributed by atoms with E-state index < -0.39 is 12.0 Å². The lowest BCUT2D eigenvalue weighted by atomic mass is 10.1. The van der Waals surface area contributed by atoms with Gasteiger partial charge in [0.05, 0.1) is 0 Å². The fraction of sp³-hybridized carbons (Fsp3) is 0.300. The van der Waals surface area contributed by atoms with E-state index in [1.54, 1.807) is 0 Å². The van der Waals surface area contributed by atoms with Gasteiger partial charge >= 0.3 is 5.97 Å². The Labute approximate surface area is 85.5 Å². The van der Waals surface area contributed by atoms with Crippen LogP contribution >= 0.6 is 9.24 Å². The minimum atomic E-state index is -0.958. The number of hydrogen-bond acceptors (Lipinski definition) is 2. The number of aliphatic carboxylic acids is 1. The molecular weight excluding hydrogens is 197 g/mol. The summed E-state index contributed by atoms with van der Waals surface area (Å²) in [6, 6.07) is 7.00. The molecule has 0 aliphatic carbocycles. The van der Waals surface area contributed by atoms with E-state index in [-0.39, 0.29) is 0 Å². The lowest BCUT2D eigenvalue weighted by Gasteiger charge is -2.06. The first-order chi connectivity index (χ1) is 6.63. The van der Waals surface area contributed by atoms with Crippen LogP contribution in [0.5, 0.6) is 0 Å². The van der Waals surface area contributed by atoms with E-state index in [0.717, 1.165) is 11.7 Å². The molecule has 0 heterocycles. The van der Waals surface area contributed by atoms with Crippen LogP contribution in [-0.4, -0.2) is 17.1 Å². The average molecular weight is 211 g/mol. The van der Waals surface area contributed by atoms with Gasteiger partial charge < -0.3 is 10.8 Å². The second kappa shape index (κ2) is 5.08. The molecule has 0 saturated carbocycles. The smallest absolute Gasteiger partial charge is 0.320 e. The number of benzene rings is 1. The summed E-state index contributed by atoms with van der Waals surface area (Å²) in [7, 11) is 2.64. The molecule has 1 aromatic carbocycles. The van der Waals surface area contributed by atoms with Crippen molar-refractivity contribution < 1.29 is 9.90 Å². The van der Waals surface area contributed by atoms with E-state index in [1.807, 2.05) is 24.3 Å². The predicted octanol–water partition coefficient (Wildman–Crippen LogP) is 1.02. The Balaban J connectivity index is 2.64. The van der Waals surface area contributed by atoms with Crippen LogP contribution in [0.3, 0.4) is 0 Å². The third kappa shape index (κ3) is 3.09. The van der Waals surface area contributed by atoms with Crippen LogP contribution in [0.1, 0.15) is 11.1 Å². The molecule has 1 rings (SSSR count). The zero-order valence-electron chi connectivity index (χ0n) is 7.81. The van der Waals surface area contributed by atoms with Gasteiger partial charge in [-0.05, 0) is 23.7 Å². The van der Waals surface area contributed by atoms with E-state index in [4.69, 9.17) is 10.8 Å². The predicted molar refractivity (Wildman–Crippen MR) is 59.2 cm³/mol. The van der Waals surface area contributed by atoms with Crippen LogP contribution in [0.2, 0.25) is 0 Å². The second-order valence-electron chi connectivity index (χ2n) is 3.17.